The van der Waals surface area contributed by atoms with Crippen molar-refractivity contribution in [2.45, 2.75) is 45.2 Å². The molecule has 2 nitrogen and oxygen atoms in total. The van der Waals surface area contributed by atoms with Gasteiger partial charge in [0, 0.05) is 34.8 Å². The van der Waals surface area contributed by atoms with E-state index in [-0.39, 0.29) is 0 Å². The van der Waals surface area contributed by atoms with Crippen LogP contribution in [0.15, 0.2) is 23.1 Å². The van der Waals surface area contributed by atoms with Crippen molar-refractivity contribution >= 4 is 23.4 Å². The largest absolute Gasteiger partial charge is 0.310 e. The number of nitrogens with one attached hydrogen (secondary N) is 1. The van der Waals surface area contributed by atoms with E-state index >= 15 is 0 Å². The van der Waals surface area contributed by atoms with Gasteiger partial charge in [0.05, 0.1) is 0 Å². The van der Waals surface area contributed by atoms with Crippen LogP contribution in [0.2, 0.25) is 5.02 Å². The number of hydrogen-bond acceptors (Lipinski definition) is 3. The molecule has 0 amide bonds. The fourth-order valence-corrected chi connectivity index (χ4v) is 3.21. The van der Waals surface area contributed by atoms with Crippen molar-refractivity contribution in [1.29, 1.82) is 0 Å². The molecule has 0 aromatic heterocycles. The van der Waals surface area contributed by atoms with Gasteiger partial charge in [-0.15, -0.1) is 11.8 Å². The zero-order valence-electron chi connectivity index (χ0n) is 13.1. The summed E-state index contributed by atoms with van der Waals surface area (Å²) in [5, 5.41) is 4.29. The molecule has 1 aromatic rings. The summed E-state index contributed by atoms with van der Waals surface area (Å²) in [5.74, 6) is 1.12. The molecule has 0 spiro atoms. The highest BCUT2D eigenvalue weighted by atomic mass is 35.5. The molecule has 1 aromatic carbocycles. The molecule has 0 aliphatic carbocycles. The molecule has 1 rings (SSSR count). The molecule has 0 heterocycles. The third-order valence-corrected chi connectivity index (χ3v) is 4.61. The van der Waals surface area contributed by atoms with Gasteiger partial charge in [0.15, 0.2) is 0 Å². The number of halogens is 1. The lowest BCUT2D eigenvalue weighted by molar-refractivity contribution is 0.324. The van der Waals surface area contributed by atoms with Crippen molar-refractivity contribution in [3.05, 3.63) is 28.8 Å². The smallest absolute Gasteiger partial charge is 0.0410 e. The highest BCUT2D eigenvalue weighted by Crippen LogP contribution is 2.26. The molecule has 0 saturated carbocycles. The Balaban J connectivity index is 2.59. The Hall–Kier alpha value is -0.220. The Bertz CT molecular complexity index is 392. The maximum Gasteiger partial charge on any atom is 0.0410 e. The number of hydrogen-bond donors (Lipinski definition) is 1. The Kier molecular flexibility index (Phi) is 8.62. The van der Waals surface area contributed by atoms with Crippen LogP contribution in [0.25, 0.3) is 0 Å². The zero-order valence-corrected chi connectivity index (χ0v) is 14.7. The van der Waals surface area contributed by atoms with Gasteiger partial charge in [-0.25, -0.2) is 0 Å². The molecule has 0 atom stereocenters. The summed E-state index contributed by atoms with van der Waals surface area (Å²) >= 11 is 8.04. The first kappa shape index (κ1) is 17.8. The van der Waals surface area contributed by atoms with Gasteiger partial charge in [-0.2, -0.15) is 0 Å². The molecule has 0 aliphatic rings. The molecule has 20 heavy (non-hydrogen) atoms. The lowest BCUT2D eigenvalue weighted by Gasteiger charge is -2.18. The predicted octanol–water partition coefficient (Wildman–Crippen LogP) is 4.27. The minimum atomic E-state index is 0.488. The van der Waals surface area contributed by atoms with Crippen LogP contribution in [0.5, 0.6) is 0 Å². The van der Waals surface area contributed by atoms with Crippen molar-refractivity contribution in [3.63, 3.8) is 0 Å². The van der Waals surface area contributed by atoms with E-state index in [9.17, 15) is 0 Å². The van der Waals surface area contributed by atoms with Crippen LogP contribution >= 0.6 is 23.4 Å². The molecule has 0 unspecified atom stereocenters. The van der Waals surface area contributed by atoms with Crippen LogP contribution in [0.4, 0.5) is 0 Å². The van der Waals surface area contributed by atoms with E-state index in [0.29, 0.717) is 6.04 Å². The van der Waals surface area contributed by atoms with Gasteiger partial charge in [-0.3, -0.25) is 0 Å². The zero-order chi connectivity index (χ0) is 15.0. The Morgan fingerprint density at radius 1 is 1.25 bits per heavy atom. The highest BCUT2D eigenvalue weighted by molar-refractivity contribution is 7.99. The monoisotopic (exact) mass is 314 g/mol. The van der Waals surface area contributed by atoms with Crippen LogP contribution in [0.3, 0.4) is 0 Å². The second kappa shape index (κ2) is 9.67. The average molecular weight is 315 g/mol. The minimum absolute atomic E-state index is 0.488. The molecular formula is C16H27ClN2S. The second-order valence-electron chi connectivity index (χ2n) is 5.16. The first-order valence-electron chi connectivity index (χ1n) is 7.43. The summed E-state index contributed by atoms with van der Waals surface area (Å²) in [6, 6.07) is 6.70. The van der Waals surface area contributed by atoms with Crippen LogP contribution in [0, 0.1) is 0 Å². The summed E-state index contributed by atoms with van der Waals surface area (Å²) < 4.78 is 0. The summed E-state index contributed by atoms with van der Waals surface area (Å²) in [7, 11) is 0. The normalized spacial score (nSPS) is 11.6. The number of nitrogens with zero attached hydrogens (tertiary/aromatic N) is 1. The molecule has 0 saturated heterocycles. The fraction of sp³-hybridized carbons (Fsp3) is 0.625. The quantitative estimate of drug-likeness (QED) is 0.685. The maximum absolute atomic E-state index is 6.12. The van der Waals surface area contributed by atoms with Crippen LogP contribution in [-0.2, 0) is 6.54 Å². The lowest BCUT2D eigenvalue weighted by atomic mass is 10.2. The van der Waals surface area contributed by atoms with E-state index in [1.807, 2.05) is 17.8 Å². The van der Waals surface area contributed by atoms with Crippen molar-refractivity contribution in [2.75, 3.05) is 25.4 Å². The van der Waals surface area contributed by atoms with Crippen LogP contribution in [-0.4, -0.2) is 36.3 Å². The number of rotatable bonds is 9. The number of benzene rings is 1. The maximum atomic E-state index is 6.12. The van der Waals surface area contributed by atoms with Gasteiger partial charge in [-0.05, 0) is 36.9 Å². The van der Waals surface area contributed by atoms with E-state index in [1.54, 1.807) is 0 Å². The SMILES string of the molecule is CCN(CC)CCSc1ccc(Cl)cc1CNC(C)C. The van der Waals surface area contributed by atoms with Crippen molar-refractivity contribution in [3.8, 4) is 0 Å². The van der Waals surface area contributed by atoms with Crippen molar-refractivity contribution in [2.24, 2.45) is 0 Å². The summed E-state index contributed by atoms with van der Waals surface area (Å²) in [6.45, 7) is 13.0. The minimum Gasteiger partial charge on any atom is -0.310 e. The highest BCUT2D eigenvalue weighted by Gasteiger charge is 2.06. The summed E-state index contributed by atoms with van der Waals surface area (Å²) in [5.41, 5.74) is 1.30. The third-order valence-electron chi connectivity index (χ3n) is 3.28. The van der Waals surface area contributed by atoms with Gasteiger partial charge in [-0.1, -0.05) is 39.3 Å². The molecule has 0 radical (unpaired) electrons. The van der Waals surface area contributed by atoms with Crippen molar-refractivity contribution < 1.29 is 0 Å². The molecule has 4 heteroatoms. The topological polar surface area (TPSA) is 15.3 Å². The molecular weight excluding hydrogens is 288 g/mol. The third kappa shape index (κ3) is 6.49. The number of thioether (sulfide) groups is 1. The summed E-state index contributed by atoms with van der Waals surface area (Å²) in [6.07, 6.45) is 0. The Morgan fingerprint density at radius 3 is 2.55 bits per heavy atom. The lowest BCUT2D eigenvalue weighted by Crippen LogP contribution is -2.25. The first-order chi connectivity index (χ1) is 9.56. The molecule has 1 N–H and O–H groups in total. The van der Waals surface area contributed by atoms with Crippen molar-refractivity contribution in [1.82, 2.24) is 10.2 Å². The van der Waals surface area contributed by atoms with Crippen LogP contribution in [0.1, 0.15) is 33.3 Å². The van der Waals surface area contributed by atoms with Gasteiger partial charge in [0.25, 0.3) is 0 Å². The molecule has 0 aliphatic heterocycles. The van der Waals surface area contributed by atoms with Gasteiger partial charge >= 0.3 is 0 Å². The van der Waals surface area contributed by atoms with E-state index < -0.39 is 0 Å². The standard InChI is InChI=1S/C16H27ClN2S/c1-5-19(6-2)9-10-20-16-8-7-15(17)11-14(16)12-18-13(3)4/h7-8,11,13,18H,5-6,9-10,12H2,1-4H3. The molecule has 114 valence electrons. The van der Waals surface area contributed by atoms with Gasteiger partial charge in [0.2, 0.25) is 0 Å². The molecule has 0 bridgehead atoms. The van der Waals surface area contributed by atoms with Gasteiger partial charge < -0.3 is 10.2 Å². The van der Waals surface area contributed by atoms with E-state index in [4.69, 9.17) is 11.6 Å². The Labute approximate surface area is 133 Å². The fourth-order valence-electron chi connectivity index (χ4n) is 1.97. The Morgan fingerprint density at radius 2 is 1.95 bits per heavy atom. The predicted molar refractivity (Wildman–Crippen MR) is 91.9 cm³/mol. The van der Waals surface area contributed by atoms with E-state index in [0.717, 1.165) is 37.0 Å². The summed E-state index contributed by atoms with van der Waals surface area (Å²) in [4.78, 5) is 3.80. The van der Waals surface area contributed by atoms with Gasteiger partial charge in [0.1, 0.15) is 0 Å². The first-order valence-corrected chi connectivity index (χ1v) is 8.80. The van der Waals surface area contributed by atoms with E-state index in [2.05, 4.69) is 50.0 Å². The average Bonchev–Trinajstić information content (AvgIpc) is 2.43. The van der Waals surface area contributed by atoms with E-state index in [1.165, 1.54) is 10.5 Å². The molecule has 0 fully saturated rings. The van der Waals surface area contributed by atoms with Crippen LogP contribution < -0.4 is 5.32 Å². The second-order valence-corrected chi connectivity index (χ2v) is 6.74.